The van der Waals surface area contributed by atoms with Crippen LogP contribution in [0.2, 0.25) is 0 Å². The second-order valence-corrected chi connectivity index (χ2v) is 10.2. The lowest BCUT2D eigenvalue weighted by atomic mass is 10.2. The summed E-state index contributed by atoms with van der Waals surface area (Å²) in [6.45, 7) is 0.420. The molecule has 1 saturated heterocycles. The van der Waals surface area contributed by atoms with E-state index < -0.39 is 0 Å². The van der Waals surface area contributed by atoms with Gasteiger partial charge in [0.1, 0.15) is 12.4 Å². The molecule has 3 aromatic rings. The third-order valence-electron chi connectivity index (χ3n) is 4.80. The molecule has 0 bridgehead atoms. The molecule has 3 aromatic carbocycles. The molecule has 9 heteroatoms. The smallest absolute Gasteiger partial charge is 0.264 e. The lowest BCUT2D eigenvalue weighted by Gasteiger charge is -2.14. The molecule has 1 amide bonds. The van der Waals surface area contributed by atoms with Crippen LogP contribution in [-0.2, 0) is 11.4 Å². The van der Waals surface area contributed by atoms with Gasteiger partial charge in [-0.05, 0) is 100 Å². The number of thioether (sulfide) groups is 1. The highest BCUT2D eigenvalue weighted by Gasteiger charge is 2.24. The lowest BCUT2D eigenvalue weighted by Crippen LogP contribution is -2.19. The van der Waals surface area contributed by atoms with E-state index in [-0.39, 0.29) is 5.91 Å². The van der Waals surface area contributed by atoms with E-state index in [1.807, 2.05) is 66.7 Å². The summed E-state index contributed by atoms with van der Waals surface area (Å²) in [6, 6.07) is 19.1. The molecule has 0 saturated carbocycles. The molecule has 6 nitrogen and oxygen atoms in total. The number of hydrogen-bond acceptors (Lipinski definition) is 6. The SMILES string of the molecule is COc1ccc(N=C2NC(=O)/C(=C\c3cc(I)c(OCc4ccc(Br)cc4)c(OC)c3)S2)cc1. The number of amidine groups is 1. The fourth-order valence-electron chi connectivity index (χ4n) is 3.11. The van der Waals surface area contributed by atoms with Crippen molar-refractivity contribution in [1.82, 2.24) is 5.32 Å². The number of halogens is 2. The minimum Gasteiger partial charge on any atom is -0.497 e. The Hall–Kier alpha value is -2.50. The van der Waals surface area contributed by atoms with Crippen LogP contribution in [0.15, 0.2) is 75.0 Å². The topological polar surface area (TPSA) is 69.2 Å². The predicted octanol–water partition coefficient (Wildman–Crippen LogP) is 6.54. The molecule has 34 heavy (non-hydrogen) atoms. The number of hydrogen-bond donors (Lipinski definition) is 1. The molecule has 0 spiro atoms. The predicted molar refractivity (Wildman–Crippen MR) is 148 cm³/mol. The summed E-state index contributed by atoms with van der Waals surface area (Å²) in [7, 11) is 3.22. The van der Waals surface area contributed by atoms with Gasteiger partial charge in [0.05, 0.1) is 28.4 Å². The normalized spacial score (nSPS) is 15.5. The van der Waals surface area contributed by atoms with Crippen LogP contribution in [0.3, 0.4) is 0 Å². The number of aliphatic imine (C=N–C) groups is 1. The van der Waals surface area contributed by atoms with Gasteiger partial charge in [-0.1, -0.05) is 28.1 Å². The first-order chi connectivity index (χ1) is 16.4. The minimum absolute atomic E-state index is 0.193. The zero-order valence-electron chi connectivity index (χ0n) is 18.3. The molecule has 4 rings (SSSR count). The van der Waals surface area contributed by atoms with Crippen LogP contribution in [0.4, 0.5) is 5.69 Å². The number of carbonyl (C=O) groups is 1. The monoisotopic (exact) mass is 650 g/mol. The molecule has 0 radical (unpaired) electrons. The fourth-order valence-corrected chi connectivity index (χ4v) is 4.99. The zero-order valence-corrected chi connectivity index (χ0v) is 22.9. The van der Waals surface area contributed by atoms with Crippen LogP contribution >= 0.6 is 50.3 Å². The number of amides is 1. The van der Waals surface area contributed by atoms with Gasteiger partial charge in [-0.15, -0.1) is 0 Å². The minimum atomic E-state index is -0.193. The van der Waals surface area contributed by atoms with E-state index in [1.54, 1.807) is 14.2 Å². The third-order valence-corrected chi connectivity index (χ3v) is 7.04. The van der Waals surface area contributed by atoms with E-state index in [4.69, 9.17) is 14.2 Å². The Morgan fingerprint density at radius 1 is 1.06 bits per heavy atom. The van der Waals surface area contributed by atoms with Gasteiger partial charge in [-0.2, -0.15) is 0 Å². The van der Waals surface area contributed by atoms with Gasteiger partial charge in [-0.25, -0.2) is 4.99 Å². The van der Waals surface area contributed by atoms with Crippen LogP contribution in [0.25, 0.3) is 6.08 Å². The number of nitrogens with one attached hydrogen (secondary N) is 1. The Labute approximate surface area is 224 Å². The number of methoxy groups -OCH3 is 2. The van der Waals surface area contributed by atoms with Crippen molar-refractivity contribution in [3.63, 3.8) is 0 Å². The molecule has 0 aromatic heterocycles. The van der Waals surface area contributed by atoms with Crippen molar-refractivity contribution in [2.75, 3.05) is 14.2 Å². The van der Waals surface area contributed by atoms with Crippen molar-refractivity contribution in [2.45, 2.75) is 6.61 Å². The van der Waals surface area contributed by atoms with Crippen molar-refractivity contribution in [2.24, 2.45) is 4.99 Å². The standard InChI is InChI=1S/C25H20BrIN2O4S/c1-31-19-9-7-18(8-10-19)28-25-29-24(30)22(34-25)13-16-11-20(27)23(21(12-16)32-2)33-14-15-3-5-17(26)6-4-15/h3-13H,14H2,1-2H3,(H,28,29,30)/b22-13+. The summed E-state index contributed by atoms with van der Waals surface area (Å²) in [5.74, 6) is 1.83. The Bertz CT molecular complexity index is 1260. The van der Waals surface area contributed by atoms with E-state index in [9.17, 15) is 4.79 Å². The number of benzene rings is 3. The molecular weight excluding hydrogens is 631 g/mol. The maximum Gasteiger partial charge on any atom is 0.264 e. The summed E-state index contributed by atoms with van der Waals surface area (Å²) < 4.78 is 18.7. The van der Waals surface area contributed by atoms with Crippen LogP contribution in [0.5, 0.6) is 17.2 Å². The van der Waals surface area contributed by atoms with Gasteiger partial charge < -0.3 is 19.5 Å². The molecule has 1 N–H and O–H groups in total. The first kappa shape index (κ1) is 24.6. The summed E-state index contributed by atoms with van der Waals surface area (Å²) >= 11 is 6.95. The Morgan fingerprint density at radius 2 is 1.79 bits per heavy atom. The third kappa shape index (κ3) is 6.13. The average Bonchev–Trinajstić information content (AvgIpc) is 3.17. The van der Waals surface area contributed by atoms with Crippen molar-refractivity contribution in [3.8, 4) is 17.2 Å². The molecule has 174 valence electrons. The Balaban J connectivity index is 1.51. The summed E-state index contributed by atoms with van der Waals surface area (Å²) in [5.41, 5.74) is 2.61. The van der Waals surface area contributed by atoms with E-state index >= 15 is 0 Å². The molecule has 1 heterocycles. The van der Waals surface area contributed by atoms with Gasteiger partial charge in [0.15, 0.2) is 16.7 Å². The van der Waals surface area contributed by atoms with Gasteiger partial charge in [0.2, 0.25) is 0 Å². The van der Waals surface area contributed by atoms with Crippen LogP contribution in [0, 0.1) is 3.57 Å². The Morgan fingerprint density at radius 3 is 2.47 bits per heavy atom. The van der Waals surface area contributed by atoms with E-state index in [1.165, 1.54) is 11.8 Å². The largest absolute Gasteiger partial charge is 0.497 e. The number of rotatable bonds is 7. The van der Waals surface area contributed by atoms with Crippen LogP contribution in [0.1, 0.15) is 11.1 Å². The number of ether oxygens (including phenoxy) is 3. The molecule has 1 aliphatic heterocycles. The van der Waals surface area contributed by atoms with Crippen molar-refractivity contribution < 1.29 is 19.0 Å². The average molecular weight is 651 g/mol. The quantitative estimate of drug-likeness (QED) is 0.232. The first-order valence-electron chi connectivity index (χ1n) is 10.1. The second kappa shape index (κ2) is 11.3. The molecule has 0 atom stereocenters. The van der Waals surface area contributed by atoms with E-state index in [0.717, 1.165) is 30.6 Å². The lowest BCUT2D eigenvalue weighted by molar-refractivity contribution is -0.115. The molecule has 1 aliphatic rings. The van der Waals surface area contributed by atoms with Gasteiger partial charge in [0, 0.05) is 4.47 Å². The number of carbonyl (C=O) groups excluding carboxylic acids is 1. The maximum atomic E-state index is 12.5. The molecule has 0 aliphatic carbocycles. The summed E-state index contributed by atoms with van der Waals surface area (Å²) in [6.07, 6.45) is 1.82. The first-order valence-corrected chi connectivity index (χ1v) is 12.8. The van der Waals surface area contributed by atoms with E-state index in [0.29, 0.717) is 28.2 Å². The maximum absolute atomic E-state index is 12.5. The van der Waals surface area contributed by atoms with Crippen LogP contribution in [-0.4, -0.2) is 25.3 Å². The molecule has 1 fully saturated rings. The van der Waals surface area contributed by atoms with Gasteiger partial charge in [0.25, 0.3) is 5.91 Å². The highest BCUT2D eigenvalue weighted by Crippen LogP contribution is 2.36. The van der Waals surface area contributed by atoms with Crippen molar-refractivity contribution in [3.05, 3.63) is 84.7 Å². The fraction of sp³-hybridized carbons (Fsp3) is 0.120. The Kier molecular flexibility index (Phi) is 8.17. The van der Waals surface area contributed by atoms with Crippen LogP contribution < -0.4 is 19.5 Å². The number of nitrogens with zero attached hydrogens (tertiary/aromatic N) is 1. The highest BCUT2D eigenvalue weighted by atomic mass is 127. The zero-order chi connectivity index (χ0) is 24.1. The summed E-state index contributed by atoms with van der Waals surface area (Å²) in [4.78, 5) is 17.6. The van der Waals surface area contributed by atoms with Gasteiger partial charge >= 0.3 is 0 Å². The molecular formula is C25H20BrIN2O4S. The summed E-state index contributed by atoms with van der Waals surface area (Å²) in [5, 5.41) is 3.34. The van der Waals surface area contributed by atoms with Crippen molar-refractivity contribution >= 4 is 73.1 Å². The van der Waals surface area contributed by atoms with Gasteiger partial charge in [-0.3, -0.25) is 4.79 Å². The van der Waals surface area contributed by atoms with Crippen molar-refractivity contribution in [1.29, 1.82) is 0 Å². The highest BCUT2D eigenvalue weighted by molar-refractivity contribution is 14.1. The van der Waals surface area contributed by atoms with E-state index in [2.05, 4.69) is 48.8 Å². The molecule has 0 unspecified atom stereocenters. The second-order valence-electron chi connectivity index (χ2n) is 7.13.